The summed E-state index contributed by atoms with van der Waals surface area (Å²) in [7, 11) is 0. The molecule has 1 aliphatic rings. The molecule has 4 heteroatoms. The number of anilines is 1. The number of aryl methyl sites for hydroxylation is 1. The van der Waals surface area contributed by atoms with Crippen LogP contribution in [0, 0.1) is 0 Å². The number of aromatic nitrogens is 1. The van der Waals surface area contributed by atoms with E-state index in [4.69, 9.17) is 11.6 Å². The van der Waals surface area contributed by atoms with Gasteiger partial charge in [-0.05, 0) is 48.6 Å². The first kappa shape index (κ1) is 13.1. The van der Waals surface area contributed by atoms with Crippen molar-refractivity contribution >= 4 is 38.3 Å². The molecule has 0 saturated carbocycles. The van der Waals surface area contributed by atoms with Crippen LogP contribution in [0.25, 0.3) is 10.2 Å². The molecule has 0 bridgehead atoms. The van der Waals surface area contributed by atoms with E-state index >= 15 is 0 Å². The first-order chi connectivity index (χ1) is 10.3. The van der Waals surface area contributed by atoms with E-state index in [0.717, 1.165) is 26.8 Å². The zero-order valence-electron chi connectivity index (χ0n) is 11.5. The van der Waals surface area contributed by atoms with Gasteiger partial charge in [0.05, 0.1) is 16.3 Å². The predicted octanol–water partition coefficient (Wildman–Crippen LogP) is 5.44. The topological polar surface area (TPSA) is 24.9 Å². The standard InChI is InChI=1S/C17H15ClN2S/c18-12-8-9-15-16(10-12)21-17(20-15)19-14-7-3-5-11-4-1-2-6-13(11)14/h1-2,4,6,8-10,14H,3,5,7H2,(H,19,20). The highest BCUT2D eigenvalue weighted by molar-refractivity contribution is 7.22. The van der Waals surface area contributed by atoms with Gasteiger partial charge in [0.25, 0.3) is 0 Å². The number of fused-ring (bicyclic) bond motifs is 2. The van der Waals surface area contributed by atoms with E-state index in [9.17, 15) is 0 Å². The van der Waals surface area contributed by atoms with E-state index in [1.54, 1.807) is 11.3 Å². The Bertz CT molecular complexity index is 796. The first-order valence-corrected chi connectivity index (χ1v) is 8.39. The van der Waals surface area contributed by atoms with Crippen molar-refractivity contribution in [1.29, 1.82) is 0 Å². The molecule has 0 saturated heterocycles. The van der Waals surface area contributed by atoms with Gasteiger partial charge < -0.3 is 5.32 Å². The number of nitrogens with zero attached hydrogens (tertiary/aromatic N) is 1. The molecule has 106 valence electrons. The molecule has 4 rings (SSSR count). The average molecular weight is 315 g/mol. The van der Waals surface area contributed by atoms with Gasteiger partial charge in [-0.15, -0.1) is 0 Å². The van der Waals surface area contributed by atoms with Crippen LogP contribution in [0.5, 0.6) is 0 Å². The second-order valence-corrected chi connectivity index (χ2v) is 6.89. The molecule has 2 nitrogen and oxygen atoms in total. The minimum absolute atomic E-state index is 0.367. The van der Waals surface area contributed by atoms with Crippen LogP contribution in [0.2, 0.25) is 5.02 Å². The number of hydrogen-bond acceptors (Lipinski definition) is 3. The van der Waals surface area contributed by atoms with Crippen molar-refractivity contribution < 1.29 is 0 Å². The minimum atomic E-state index is 0.367. The van der Waals surface area contributed by atoms with Crippen molar-refractivity contribution in [2.45, 2.75) is 25.3 Å². The van der Waals surface area contributed by atoms with Crippen LogP contribution in [-0.4, -0.2) is 4.98 Å². The molecule has 1 aliphatic carbocycles. The highest BCUT2D eigenvalue weighted by Crippen LogP contribution is 2.35. The van der Waals surface area contributed by atoms with Crippen LogP contribution in [0.1, 0.15) is 30.0 Å². The summed E-state index contributed by atoms with van der Waals surface area (Å²) < 4.78 is 1.13. The fraction of sp³-hybridized carbons (Fsp3) is 0.235. The Labute approximate surface area is 132 Å². The van der Waals surface area contributed by atoms with Gasteiger partial charge >= 0.3 is 0 Å². The summed E-state index contributed by atoms with van der Waals surface area (Å²) in [6.07, 6.45) is 3.57. The van der Waals surface area contributed by atoms with E-state index in [2.05, 4.69) is 34.6 Å². The van der Waals surface area contributed by atoms with Crippen LogP contribution < -0.4 is 5.32 Å². The van der Waals surface area contributed by atoms with Crippen LogP contribution >= 0.6 is 22.9 Å². The molecule has 1 atom stereocenters. The number of hydrogen-bond donors (Lipinski definition) is 1. The molecule has 1 heterocycles. The third-order valence-corrected chi connectivity index (χ3v) is 5.20. The van der Waals surface area contributed by atoms with Crippen molar-refractivity contribution in [3.63, 3.8) is 0 Å². The predicted molar refractivity (Wildman–Crippen MR) is 90.4 cm³/mol. The molecule has 0 aliphatic heterocycles. The highest BCUT2D eigenvalue weighted by atomic mass is 35.5. The fourth-order valence-corrected chi connectivity index (χ4v) is 4.21. The van der Waals surface area contributed by atoms with Crippen LogP contribution in [-0.2, 0) is 6.42 Å². The second kappa shape index (κ2) is 5.32. The molecule has 2 aromatic carbocycles. The van der Waals surface area contributed by atoms with Gasteiger partial charge in [-0.25, -0.2) is 4.98 Å². The van der Waals surface area contributed by atoms with Crippen molar-refractivity contribution in [3.05, 3.63) is 58.6 Å². The van der Waals surface area contributed by atoms with Crippen molar-refractivity contribution in [2.75, 3.05) is 5.32 Å². The maximum atomic E-state index is 6.05. The summed E-state index contributed by atoms with van der Waals surface area (Å²) in [4.78, 5) is 4.67. The molecule has 0 spiro atoms. The molecular formula is C17H15ClN2S. The van der Waals surface area contributed by atoms with Gasteiger partial charge in [-0.2, -0.15) is 0 Å². The van der Waals surface area contributed by atoms with Gasteiger partial charge in [0.2, 0.25) is 0 Å². The number of rotatable bonds is 2. The quantitative estimate of drug-likeness (QED) is 0.681. The molecule has 0 radical (unpaired) electrons. The lowest BCUT2D eigenvalue weighted by Crippen LogP contribution is -2.17. The van der Waals surface area contributed by atoms with E-state index in [1.165, 1.54) is 24.0 Å². The fourth-order valence-electron chi connectivity index (χ4n) is 3.01. The molecule has 0 amide bonds. The minimum Gasteiger partial charge on any atom is -0.355 e. The van der Waals surface area contributed by atoms with Gasteiger partial charge in [0, 0.05) is 5.02 Å². The highest BCUT2D eigenvalue weighted by Gasteiger charge is 2.20. The summed E-state index contributed by atoms with van der Waals surface area (Å²) in [5, 5.41) is 5.36. The van der Waals surface area contributed by atoms with Crippen molar-refractivity contribution in [1.82, 2.24) is 4.98 Å². The van der Waals surface area contributed by atoms with E-state index in [-0.39, 0.29) is 0 Å². The summed E-state index contributed by atoms with van der Waals surface area (Å²) in [6.45, 7) is 0. The average Bonchev–Trinajstić information content (AvgIpc) is 2.89. The molecule has 21 heavy (non-hydrogen) atoms. The number of benzene rings is 2. The molecule has 0 fully saturated rings. The SMILES string of the molecule is Clc1ccc2nc(NC3CCCc4ccccc43)sc2c1. The summed E-state index contributed by atoms with van der Waals surface area (Å²) in [5.74, 6) is 0. The molecule has 1 N–H and O–H groups in total. The van der Waals surface area contributed by atoms with Crippen molar-refractivity contribution in [2.24, 2.45) is 0 Å². The van der Waals surface area contributed by atoms with Gasteiger partial charge in [-0.3, -0.25) is 0 Å². The maximum absolute atomic E-state index is 6.05. The summed E-state index contributed by atoms with van der Waals surface area (Å²) in [5.41, 5.74) is 3.89. The summed E-state index contributed by atoms with van der Waals surface area (Å²) >= 11 is 7.72. The lowest BCUT2D eigenvalue weighted by Gasteiger charge is -2.26. The van der Waals surface area contributed by atoms with Gasteiger partial charge in [0.1, 0.15) is 0 Å². The number of halogens is 1. The zero-order chi connectivity index (χ0) is 14.2. The van der Waals surface area contributed by atoms with E-state index in [1.807, 2.05) is 18.2 Å². The largest absolute Gasteiger partial charge is 0.355 e. The third kappa shape index (κ3) is 2.52. The lowest BCUT2D eigenvalue weighted by molar-refractivity contribution is 0.600. The second-order valence-electron chi connectivity index (χ2n) is 5.42. The van der Waals surface area contributed by atoms with Crippen LogP contribution in [0.3, 0.4) is 0 Å². The monoisotopic (exact) mass is 314 g/mol. The smallest absolute Gasteiger partial charge is 0.184 e. The Hall–Kier alpha value is -1.58. The molecule has 1 unspecified atom stereocenters. The van der Waals surface area contributed by atoms with Crippen LogP contribution in [0.4, 0.5) is 5.13 Å². The van der Waals surface area contributed by atoms with Crippen molar-refractivity contribution in [3.8, 4) is 0 Å². The molecular weight excluding hydrogens is 300 g/mol. The number of nitrogens with one attached hydrogen (secondary N) is 1. The molecule has 3 aromatic rings. The third-order valence-electron chi connectivity index (χ3n) is 4.02. The van der Waals surface area contributed by atoms with Gasteiger partial charge in [-0.1, -0.05) is 47.2 Å². The normalized spacial score (nSPS) is 17.7. The lowest BCUT2D eigenvalue weighted by atomic mass is 9.88. The van der Waals surface area contributed by atoms with E-state index < -0.39 is 0 Å². The first-order valence-electron chi connectivity index (χ1n) is 7.20. The van der Waals surface area contributed by atoms with Gasteiger partial charge in [0.15, 0.2) is 5.13 Å². The maximum Gasteiger partial charge on any atom is 0.184 e. The zero-order valence-corrected chi connectivity index (χ0v) is 13.0. The Morgan fingerprint density at radius 1 is 1.19 bits per heavy atom. The Morgan fingerprint density at radius 2 is 2.10 bits per heavy atom. The number of thiazole rings is 1. The molecule has 1 aromatic heterocycles. The Kier molecular flexibility index (Phi) is 3.32. The van der Waals surface area contributed by atoms with E-state index in [0.29, 0.717) is 6.04 Å². The summed E-state index contributed by atoms with van der Waals surface area (Å²) in [6, 6.07) is 14.9. The Balaban J connectivity index is 1.66. The van der Waals surface area contributed by atoms with Crippen LogP contribution in [0.15, 0.2) is 42.5 Å². The Morgan fingerprint density at radius 3 is 3.05 bits per heavy atom.